The Morgan fingerprint density at radius 1 is 1.15 bits per heavy atom. The Balaban J connectivity index is 2.16. The van der Waals surface area contributed by atoms with E-state index >= 15 is 0 Å². The number of sulfonamides is 1. The van der Waals surface area contributed by atoms with Crippen molar-refractivity contribution >= 4 is 39.4 Å². The highest BCUT2D eigenvalue weighted by Crippen LogP contribution is 2.34. The standard InChI is InChI=1S/C19H22Cl2N2O3S/c1-12(2)11-26-19-16(20)8-15(9-17(19)21)10-22-23-27(24,25)18-6-5-13(3)7-14(18)4/h5-10,12,23H,11H2,1-4H3/b22-10+. The minimum absolute atomic E-state index is 0.179. The van der Waals surface area contributed by atoms with Crippen LogP contribution in [0.1, 0.15) is 30.5 Å². The van der Waals surface area contributed by atoms with Crippen LogP contribution in [0.15, 0.2) is 40.3 Å². The zero-order valence-corrected chi connectivity index (χ0v) is 17.9. The lowest BCUT2D eigenvalue weighted by molar-refractivity contribution is 0.271. The Bertz CT molecular complexity index is 934. The van der Waals surface area contributed by atoms with Gasteiger partial charge in [-0.05, 0) is 49.1 Å². The fourth-order valence-corrected chi connectivity index (χ4v) is 4.00. The quantitative estimate of drug-likeness (QED) is 0.500. The van der Waals surface area contributed by atoms with Gasteiger partial charge in [0, 0.05) is 0 Å². The molecule has 0 atom stereocenters. The number of benzene rings is 2. The Morgan fingerprint density at radius 3 is 2.33 bits per heavy atom. The molecule has 0 aliphatic rings. The van der Waals surface area contributed by atoms with Crippen molar-refractivity contribution in [3.8, 4) is 5.75 Å². The number of ether oxygens (including phenoxy) is 1. The molecule has 27 heavy (non-hydrogen) atoms. The molecule has 2 aromatic rings. The van der Waals surface area contributed by atoms with Crippen LogP contribution in [0, 0.1) is 19.8 Å². The van der Waals surface area contributed by atoms with Gasteiger partial charge in [-0.15, -0.1) is 0 Å². The molecule has 0 aromatic heterocycles. The van der Waals surface area contributed by atoms with Gasteiger partial charge >= 0.3 is 0 Å². The van der Waals surface area contributed by atoms with Crippen LogP contribution in [0.25, 0.3) is 0 Å². The number of rotatable bonds is 7. The van der Waals surface area contributed by atoms with Crippen LogP contribution in [0.5, 0.6) is 5.75 Å². The summed E-state index contributed by atoms with van der Waals surface area (Å²) in [6, 6.07) is 8.31. The SMILES string of the molecule is Cc1ccc(S(=O)(=O)N/N=C/c2cc(Cl)c(OCC(C)C)c(Cl)c2)c(C)c1. The molecule has 0 spiro atoms. The van der Waals surface area contributed by atoms with Gasteiger partial charge in [0.25, 0.3) is 10.0 Å². The van der Waals surface area contributed by atoms with E-state index in [0.717, 1.165) is 5.56 Å². The lowest BCUT2D eigenvalue weighted by Gasteiger charge is -2.12. The van der Waals surface area contributed by atoms with Crippen LogP contribution in [0.3, 0.4) is 0 Å². The van der Waals surface area contributed by atoms with Crippen LogP contribution in [-0.4, -0.2) is 21.2 Å². The molecule has 0 saturated heterocycles. The summed E-state index contributed by atoms with van der Waals surface area (Å²) in [5, 5.41) is 4.49. The molecular weight excluding hydrogens is 407 g/mol. The maximum Gasteiger partial charge on any atom is 0.276 e. The fraction of sp³-hybridized carbons (Fsp3) is 0.316. The molecule has 0 fully saturated rings. The second-order valence-electron chi connectivity index (χ2n) is 6.64. The number of aryl methyl sites for hydroxylation is 2. The Kier molecular flexibility index (Phi) is 7.14. The normalized spacial score (nSPS) is 12.0. The van der Waals surface area contributed by atoms with E-state index in [9.17, 15) is 8.42 Å². The largest absolute Gasteiger partial charge is 0.490 e. The van der Waals surface area contributed by atoms with Crippen molar-refractivity contribution in [1.82, 2.24) is 4.83 Å². The third-order valence-electron chi connectivity index (χ3n) is 3.59. The number of hydrazone groups is 1. The highest BCUT2D eigenvalue weighted by atomic mass is 35.5. The molecular formula is C19H22Cl2N2O3S. The van der Waals surface area contributed by atoms with E-state index in [2.05, 4.69) is 9.93 Å². The molecule has 2 aromatic carbocycles. The zero-order chi connectivity index (χ0) is 20.2. The summed E-state index contributed by atoms with van der Waals surface area (Å²) in [7, 11) is -3.76. The second-order valence-corrected chi connectivity index (χ2v) is 9.08. The first kappa shape index (κ1) is 21.5. The molecule has 146 valence electrons. The molecule has 0 aliphatic heterocycles. The summed E-state index contributed by atoms with van der Waals surface area (Å²) < 4.78 is 30.4. The van der Waals surface area contributed by atoms with Crippen LogP contribution >= 0.6 is 23.2 Å². The molecule has 0 heterocycles. The minimum Gasteiger partial charge on any atom is -0.490 e. The van der Waals surface area contributed by atoms with Gasteiger partial charge in [0.1, 0.15) is 0 Å². The van der Waals surface area contributed by atoms with E-state index in [4.69, 9.17) is 27.9 Å². The van der Waals surface area contributed by atoms with Crippen LogP contribution < -0.4 is 9.57 Å². The highest BCUT2D eigenvalue weighted by Gasteiger charge is 2.15. The first-order valence-corrected chi connectivity index (χ1v) is 10.6. The van der Waals surface area contributed by atoms with Crippen molar-refractivity contribution in [2.24, 2.45) is 11.0 Å². The lowest BCUT2D eigenvalue weighted by Crippen LogP contribution is -2.19. The summed E-state index contributed by atoms with van der Waals surface area (Å²) in [4.78, 5) is 2.38. The molecule has 0 bridgehead atoms. The third-order valence-corrected chi connectivity index (χ3v) is 5.53. The molecule has 0 unspecified atom stereocenters. The summed E-state index contributed by atoms with van der Waals surface area (Å²) in [5.74, 6) is 0.734. The van der Waals surface area contributed by atoms with Gasteiger partial charge in [0.2, 0.25) is 0 Å². The van der Waals surface area contributed by atoms with Gasteiger partial charge in [-0.25, -0.2) is 4.83 Å². The number of hydrogen-bond acceptors (Lipinski definition) is 4. The monoisotopic (exact) mass is 428 g/mol. The molecule has 1 N–H and O–H groups in total. The summed E-state index contributed by atoms with van der Waals surface area (Å²) in [6.07, 6.45) is 1.34. The van der Waals surface area contributed by atoms with Crippen molar-refractivity contribution in [3.63, 3.8) is 0 Å². The van der Waals surface area contributed by atoms with Crippen molar-refractivity contribution in [3.05, 3.63) is 57.1 Å². The van der Waals surface area contributed by atoms with E-state index < -0.39 is 10.0 Å². The number of nitrogens with zero attached hydrogens (tertiary/aromatic N) is 1. The average Bonchev–Trinajstić information content (AvgIpc) is 2.53. The van der Waals surface area contributed by atoms with Crippen LogP contribution in [0.4, 0.5) is 0 Å². The minimum atomic E-state index is -3.76. The molecule has 0 aliphatic carbocycles. The maximum absolute atomic E-state index is 12.4. The van der Waals surface area contributed by atoms with E-state index in [1.807, 2.05) is 20.8 Å². The predicted molar refractivity (Wildman–Crippen MR) is 111 cm³/mol. The van der Waals surface area contributed by atoms with E-state index in [0.29, 0.717) is 39.4 Å². The van der Waals surface area contributed by atoms with Gasteiger partial charge in [0.05, 0.1) is 27.8 Å². The van der Waals surface area contributed by atoms with Crippen LogP contribution in [-0.2, 0) is 10.0 Å². The Morgan fingerprint density at radius 2 is 1.78 bits per heavy atom. The number of hydrogen-bond donors (Lipinski definition) is 1. The van der Waals surface area contributed by atoms with Crippen LogP contribution in [0.2, 0.25) is 10.0 Å². The highest BCUT2D eigenvalue weighted by molar-refractivity contribution is 7.89. The number of nitrogens with one attached hydrogen (secondary N) is 1. The van der Waals surface area contributed by atoms with Gasteiger partial charge in [-0.1, -0.05) is 54.7 Å². The van der Waals surface area contributed by atoms with Gasteiger partial charge < -0.3 is 4.74 Å². The average molecular weight is 429 g/mol. The molecule has 2 rings (SSSR count). The van der Waals surface area contributed by atoms with E-state index in [1.165, 1.54) is 6.21 Å². The predicted octanol–water partition coefficient (Wildman–Crippen LogP) is 4.96. The van der Waals surface area contributed by atoms with E-state index in [1.54, 1.807) is 37.3 Å². The maximum atomic E-state index is 12.4. The Labute approximate surface area is 170 Å². The van der Waals surface area contributed by atoms with Crippen molar-refractivity contribution in [2.75, 3.05) is 6.61 Å². The van der Waals surface area contributed by atoms with Crippen molar-refractivity contribution in [2.45, 2.75) is 32.6 Å². The molecule has 0 radical (unpaired) electrons. The van der Waals surface area contributed by atoms with Crippen molar-refractivity contribution in [1.29, 1.82) is 0 Å². The number of halogens is 2. The fourth-order valence-electron chi connectivity index (χ4n) is 2.36. The Hall–Kier alpha value is -1.76. The first-order chi connectivity index (χ1) is 12.6. The smallest absolute Gasteiger partial charge is 0.276 e. The molecule has 0 saturated carbocycles. The molecule has 5 nitrogen and oxygen atoms in total. The van der Waals surface area contributed by atoms with Gasteiger partial charge in [0.15, 0.2) is 5.75 Å². The third kappa shape index (κ3) is 5.86. The first-order valence-electron chi connectivity index (χ1n) is 8.34. The van der Waals surface area contributed by atoms with Gasteiger partial charge in [-0.3, -0.25) is 0 Å². The van der Waals surface area contributed by atoms with Crippen molar-refractivity contribution < 1.29 is 13.2 Å². The second kappa shape index (κ2) is 8.95. The molecule has 0 amide bonds. The lowest BCUT2D eigenvalue weighted by atomic mass is 10.2. The zero-order valence-electron chi connectivity index (χ0n) is 15.6. The summed E-state index contributed by atoms with van der Waals surface area (Å²) in [5.41, 5.74) is 2.18. The van der Waals surface area contributed by atoms with Gasteiger partial charge in [-0.2, -0.15) is 13.5 Å². The topological polar surface area (TPSA) is 67.8 Å². The van der Waals surface area contributed by atoms with E-state index in [-0.39, 0.29) is 4.90 Å². The molecule has 8 heteroatoms. The summed E-state index contributed by atoms with van der Waals surface area (Å²) in [6.45, 7) is 8.16. The summed E-state index contributed by atoms with van der Waals surface area (Å²) >= 11 is 12.4.